The van der Waals surface area contributed by atoms with Crippen LogP contribution in [0, 0.1) is 0 Å². The number of hydrogen-bond donors (Lipinski definition) is 0. The Hall–Kier alpha value is -1.38. The van der Waals surface area contributed by atoms with Gasteiger partial charge in [0.25, 0.3) is 0 Å². The maximum absolute atomic E-state index is 10.6. The molecule has 1 saturated heterocycles. The van der Waals surface area contributed by atoms with Gasteiger partial charge in [0, 0.05) is 24.3 Å². The zero-order valence-electron chi connectivity index (χ0n) is 9.72. The molecule has 0 aromatic carbocycles. The summed E-state index contributed by atoms with van der Waals surface area (Å²) in [6.07, 6.45) is 7.48. The van der Waals surface area contributed by atoms with Crippen molar-refractivity contribution in [1.82, 2.24) is 4.98 Å². The van der Waals surface area contributed by atoms with Gasteiger partial charge >= 0.3 is 0 Å². The van der Waals surface area contributed by atoms with Gasteiger partial charge in [0.15, 0.2) is 6.29 Å². The van der Waals surface area contributed by atoms with E-state index < -0.39 is 0 Å². The molecule has 0 amide bonds. The Morgan fingerprint density at radius 1 is 1.50 bits per heavy atom. The lowest BCUT2D eigenvalue weighted by atomic mass is 10.00. The third-order valence-electron chi connectivity index (χ3n) is 3.30. The van der Waals surface area contributed by atoms with Crippen LogP contribution in [-0.4, -0.2) is 23.9 Å². The van der Waals surface area contributed by atoms with Crippen LogP contribution >= 0.6 is 0 Å². The van der Waals surface area contributed by atoms with E-state index in [9.17, 15) is 4.79 Å². The van der Waals surface area contributed by atoms with E-state index in [1.54, 1.807) is 6.20 Å². The fourth-order valence-electron chi connectivity index (χ4n) is 2.36. The predicted octanol–water partition coefficient (Wildman–Crippen LogP) is 2.66. The smallest absolute Gasteiger partial charge is 0.151 e. The van der Waals surface area contributed by atoms with E-state index >= 15 is 0 Å². The molecule has 0 bridgehead atoms. The second kappa shape index (κ2) is 5.10. The maximum Gasteiger partial charge on any atom is 0.151 e. The van der Waals surface area contributed by atoms with Crippen LogP contribution in [0.4, 0.5) is 5.82 Å². The van der Waals surface area contributed by atoms with Gasteiger partial charge < -0.3 is 4.90 Å². The molecular weight excluding hydrogens is 200 g/mol. The highest BCUT2D eigenvalue weighted by Crippen LogP contribution is 2.24. The molecule has 1 fully saturated rings. The number of nitrogens with zero attached hydrogens (tertiary/aromatic N) is 2. The van der Waals surface area contributed by atoms with Gasteiger partial charge in [0.1, 0.15) is 5.82 Å². The quantitative estimate of drug-likeness (QED) is 0.731. The Balaban J connectivity index is 2.17. The molecule has 1 aliphatic rings. The lowest BCUT2D eigenvalue weighted by Gasteiger charge is -2.36. The molecule has 0 saturated carbocycles. The van der Waals surface area contributed by atoms with Crippen molar-refractivity contribution in [2.75, 3.05) is 11.4 Å². The minimum atomic E-state index is 0.614. The van der Waals surface area contributed by atoms with Gasteiger partial charge in [-0.3, -0.25) is 4.79 Å². The van der Waals surface area contributed by atoms with E-state index in [0.29, 0.717) is 11.6 Å². The molecule has 16 heavy (non-hydrogen) atoms. The third kappa shape index (κ3) is 2.23. The summed E-state index contributed by atoms with van der Waals surface area (Å²) in [5, 5.41) is 0. The van der Waals surface area contributed by atoms with Gasteiger partial charge in [-0.2, -0.15) is 0 Å². The van der Waals surface area contributed by atoms with Crippen molar-refractivity contribution in [1.29, 1.82) is 0 Å². The average molecular weight is 218 g/mol. The molecule has 1 atom stereocenters. The summed E-state index contributed by atoms with van der Waals surface area (Å²) in [5.74, 6) is 1.01. The molecule has 0 aliphatic carbocycles. The summed E-state index contributed by atoms with van der Waals surface area (Å²) in [6, 6.07) is 4.41. The van der Waals surface area contributed by atoms with Crippen LogP contribution < -0.4 is 4.90 Å². The highest BCUT2D eigenvalue weighted by molar-refractivity contribution is 5.74. The Morgan fingerprint density at radius 3 is 3.00 bits per heavy atom. The predicted molar refractivity (Wildman–Crippen MR) is 64.9 cm³/mol. The number of aldehydes is 1. The largest absolute Gasteiger partial charge is 0.354 e. The van der Waals surface area contributed by atoms with Crippen LogP contribution in [0.5, 0.6) is 0 Å². The summed E-state index contributed by atoms with van der Waals surface area (Å²) >= 11 is 0. The zero-order valence-corrected chi connectivity index (χ0v) is 9.72. The molecule has 86 valence electrons. The van der Waals surface area contributed by atoms with E-state index in [2.05, 4.69) is 16.8 Å². The first-order valence-corrected chi connectivity index (χ1v) is 6.03. The maximum atomic E-state index is 10.6. The Bertz CT molecular complexity index is 347. The molecule has 2 heterocycles. The molecule has 1 aromatic rings. The summed E-state index contributed by atoms with van der Waals surface area (Å²) in [7, 11) is 0. The van der Waals surface area contributed by atoms with Gasteiger partial charge in [0.05, 0.1) is 0 Å². The van der Waals surface area contributed by atoms with Crippen LogP contribution in [0.25, 0.3) is 0 Å². The number of rotatable bonds is 3. The number of carbonyl (C=O) groups excluding carboxylic acids is 1. The first-order chi connectivity index (χ1) is 7.85. The molecule has 0 spiro atoms. The number of anilines is 1. The average Bonchev–Trinajstić information content (AvgIpc) is 2.39. The molecular formula is C13H18N2O. The summed E-state index contributed by atoms with van der Waals surface area (Å²) in [5.41, 5.74) is 0.647. The van der Waals surface area contributed by atoms with Crippen molar-refractivity contribution in [2.24, 2.45) is 0 Å². The molecule has 1 aromatic heterocycles. The van der Waals surface area contributed by atoms with E-state index in [1.807, 2.05) is 12.1 Å². The SMILES string of the molecule is CCC1CCCCN1c1ccc(C=O)cn1. The van der Waals surface area contributed by atoms with Crippen LogP contribution in [-0.2, 0) is 0 Å². The monoisotopic (exact) mass is 218 g/mol. The van der Waals surface area contributed by atoms with E-state index in [1.165, 1.54) is 19.3 Å². The number of carbonyl (C=O) groups is 1. The Labute approximate surface area is 96.5 Å². The van der Waals surface area contributed by atoms with Gasteiger partial charge in [0.2, 0.25) is 0 Å². The normalized spacial score (nSPS) is 20.8. The minimum absolute atomic E-state index is 0.614. The topological polar surface area (TPSA) is 33.2 Å². The second-order valence-electron chi connectivity index (χ2n) is 4.32. The van der Waals surface area contributed by atoms with Crippen LogP contribution in [0.15, 0.2) is 18.3 Å². The number of hydrogen-bond acceptors (Lipinski definition) is 3. The molecule has 1 aliphatic heterocycles. The van der Waals surface area contributed by atoms with Gasteiger partial charge in [-0.1, -0.05) is 6.92 Å². The first kappa shape index (κ1) is 11.1. The fraction of sp³-hybridized carbons (Fsp3) is 0.538. The van der Waals surface area contributed by atoms with Crippen LogP contribution in [0.1, 0.15) is 43.0 Å². The number of piperidine rings is 1. The van der Waals surface area contributed by atoms with Crippen molar-refractivity contribution in [3.63, 3.8) is 0 Å². The highest BCUT2D eigenvalue weighted by Gasteiger charge is 2.21. The van der Waals surface area contributed by atoms with Crippen molar-refractivity contribution in [2.45, 2.75) is 38.6 Å². The first-order valence-electron chi connectivity index (χ1n) is 6.03. The second-order valence-corrected chi connectivity index (χ2v) is 4.32. The highest BCUT2D eigenvalue weighted by atomic mass is 16.1. The van der Waals surface area contributed by atoms with E-state index in [0.717, 1.165) is 25.1 Å². The summed E-state index contributed by atoms with van der Waals surface area (Å²) < 4.78 is 0. The fourth-order valence-corrected chi connectivity index (χ4v) is 2.36. The van der Waals surface area contributed by atoms with E-state index in [4.69, 9.17) is 0 Å². The molecule has 0 N–H and O–H groups in total. The Kier molecular flexibility index (Phi) is 3.54. The molecule has 0 radical (unpaired) electrons. The number of aromatic nitrogens is 1. The van der Waals surface area contributed by atoms with Gasteiger partial charge in [-0.15, -0.1) is 0 Å². The standard InChI is InChI=1S/C13H18N2O/c1-2-12-5-3-4-8-15(12)13-7-6-11(10-16)9-14-13/h6-7,9-10,12H,2-5,8H2,1H3. The summed E-state index contributed by atoms with van der Waals surface area (Å²) in [4.78, 5) is 17.3. The Morgan fingerprint density at radius 2 is 2.38 bits per heavy atom. The molecule has 1 unspecified atom stereocenters. The lowest BCUT2D eigenvalue weighted by Crippen LogP contribution is -2.39. The van der Waals surface area contributed by atoms with Crippen molar-refractivity contribution in [3.05, 3.63) is 23.9 Å². The molecule has 3 nitrogen and oxygen atoms in total. The van der Waals surface area contributed by atoms with Crippen molar-refractivity contribution >= 4 is 12.1 Å². The van der Waals surface area contributed by atoms with Gasteiger partial charge in [-0.25, -0.2) is 4.98 Å². The van der Waals surface area contributed by atoms with Gasteiger partial charge in [-0.05, 0) is 37.8 Å². The van der Waals surface area contributed by atoms with Crippen LogP contribution in [0.2, 0.25) is 0 Å². The number of pyridine rings is 1. The van der Waals surface area contributed by atoms with Crippen molar-refractivity contribution < 1.29 is 4.79 Å². The van der Waals surface area contributed by atoms with Crippen molar-refractivity contribution in [3.8, 4) is 0 Å². The molecule has 2 rings (SSSR count). The van der Waals surface area contributed by atoms with E-state index in [-0.39, 0.29) is 0 Å². The summed E-state index contributed by atoms with van der Waals surface area (Å²) in [6.45, 7) is 3.31. The molecule has 3 heteroatoms. The van der Waals surface area contributed by atoms with Crippen LogP contribution in [0.3, 0.4) is 0 Å². The zero-order chi connectivity index (χ0) is 11.4. The lowest BCUT2D eigenvalue weighted by molar-refractivity contribution is 0.112. The third-order valence-corrected chi connectivity index (χ3v) is 3.30. The minimum Gasteiger partial charge on any atom is -0.354 e.